The number of carbonyl (C=O) groups excluding carboxylic acids is 1. The quantitative estimate of drug-likeness (QED) is 0.260. The van der Waals surface area contributed by atoms with Crippen LogP contribution < -0.4 is 15.4 Å². The lowest BCUT2D eigenvalue weighted by Crippen LogP contribution is -2.44. The number of hydrogen-bond donors (Lipinski definition) is 3. The van der Waals surface area contributed by atoms with E-state index in [1.807, 2.05) is 43.3 Å². The number of benzene rings is 2. The van der Waals surface area contributed by atoms with Gasteiger partial charge in [-0.1, -0.05) is 24.3 Å². The Balaban J connectivity index is 1.44. The minimum atomic E-state index is -0.925. The molecule has 1 atom stereocenters. The molecule has 4 aromatic rings. The summed E-state index contributed by atoms with van der Waals surface area (Å²) in [5.74, 6) is 1.37. The van der Waals surface area contributed by atoms with Crippen molar-refractivity contribution in [1.82, 2.24) is 19.9 Å². The number of nitrogens with one attached hydrogen (secondary N) is 2. The summed E-state index contributed by atoms with van der Waals surface area (Å²) in [5, 5.41) is 17.0. The fourth-order valence-electron chi connectivity index (χ4n) is 4.75. The van der Waals surface area contributed by atoms with Crippen LogP contribution in [0, 0.1) is 6.92 Å². The predicted octanol–water partition coefficient (Wildman–Crippen LogP) is 5.92. The Labute approximate surface area is 231 Å². The molecule has 40 heavy (non-hydrogen) atoms. The molecule has 3 heterocycles. The molecular weight excluding hydrogens is 512 g/mol. The molecule has 11 heteroatoms. The van der Waals surface area contributed by atoms with Gasteiger partial charge in [0.1, 0.15) is 5.75 Å². The molecule has 2 aromatic carbocycles. The summed E-state index contributed by atoms with van der Waals surface area (Å²) < 4.78 is 11.5. The number of carboxylic acid groups (broad SMARTS) is 1. The minimum absolute atomic E-state index is 0.0829. The molecule has 2 amide bonds. The highest BCUT2D eigenvalue weighted by molar-refractivity contribution is 6.03. The zero-order valence-electron chi connectivity index (χ0n) is 22.3. The maximum absolute atomic E-state index is 12.1. The van der Waals surface area contributed by atoms with E-state index in [9.17, 15) is 14.7 Å². The molecule has 1 unspecified atom stereocenters. The molecule has 5 rings (SSSR count). The number of amides is 2. The molecule has 0 radical (unpaired) electrons. The van der Waals surface area contributed by atoms with Crippen molar-refractivity contribution in [1.29, 1.82) is 0 Å². The van der Waals surface area contributed by atoms with Crippen molar-refractivity contribution >= 4 is 34.6 Å². The van der Waals surface area contributed by atoms with Gasteiger partial charge < -0.3 is 24.8 Å². The number of nitrogens with zero attached hydrogens (tertiary/aromatic N) is 4. The van der Waals surface area contributed by atoms with E-state index in [2.05, 4.69) is 25.6 Å². The highest BCUT2D eigenvalue weighted by Crippen LogP contribution is 2.38. The van der Waals surface area contributed by atoms with E-state index < -0.39 is 12.2 Å². The fraction of sp³-hybridized carbons (Fsp3) is 0.276. The van der Waals surface area contributed by atoms with Gasteiger partial charge in [0.25, 0.3) is 0 Å². The Morgan fingerprint density at radius 1 is 1.07 bits per heavy atom. The third-order valence-electron chi connectivity index (χ3n) is 6.65. The Kier molecular flexibility index (Phi) is 7.90. The maximum Gasteiger partial charge on any atom is 0.411 e. The van der Waals surface area contributed by atoms with E-state index in [1.54, 1.807) is 31.5 Å². The van der Waals surface area contributed by atoms with Gasteiger partial charge in [0.15, 0.2) is 0 Å². The van der Waals surface area contributed by atoms with Crippen molar-refractivity contribution in [3.05, 3.63) is 66.5 Å². The van der Waals surface area contributed by atoms with Gasteiger partial charge in [-0.2, -0.15) is 0 Å². The number of carbonyl (C=O) groups is 2. The van der Waals surface area contributed by atoms with Crippen LogP contribution in [0.5, 0.6) is 11.6 Å². The maximum atomic E-state index is 12.1. The summed E-state index contributed by atoms with van der Waals surface area (Å²) >= 11 is 0. The first-order chi connectivity index (χ1) is 19.4. The number of rotatable bonds is 7. The smallest absolute Gasteiger partial charge is 0.411 e. The summed E-state index contributed by atoms with van der Waals surface area (Å²) in [4.78, 5) is 38.4. The van der Waals surface area contributed by atoms with Gasteiger partial charge in [0.05, 0.1) is 23.6 Å². The van der Waals surface area contributed by atoms with E-state index in [4.69, 9.17) is 9.47 Å². The van der Waals surface area contributed by atoms with Crippen molar-refractivity contribution in [2.45, 2.75) is 32.7 Å². The van der Waals surface area contributed by atoms with Crippen molar-refractivity contribution in [2.75, 3.05) is 30.3 Å². The molecule has 0 saturated carbocycles. The molecule has 0 aliphatic carbocycles. The average Bonchev–Trinajstić information content (AvgIpc) is 2.95. The second kappa shape index (κ2) is 11.9. The molecule has 1 fully saturated rings. The van der Waals surface area contributed by atoms with Crippen LogP contribution in [-0.2, 0) is 4.74 Å². The predicted molar refractivity (Wildman–Crippen MR) is 151 cm³/mol. The van der Waals surface area contributed by atoms with Crippen LogP contribution in [0.1, 0.15) is 25.3 Å². The number of ether oxygens (including phenoxy) is 2. The van der Waals surface area contributed by atoms with Crippen LogP contribution >= 0.6 is 0 Å². The van der Waals surface area contributed by atoms with Gasteiger partial charge in [-0.05, 0) is 56.5 Å². The van der Waals surface area contributed by atoms with Gasteiger partial charge in [-0.25, -0.2) is 24.5 Å². The second-order valence-corrected chi connectivity index (χ2v) is 9.39. The SMILES string of the molecule is CCOC(=O)Nc1cccc2c(Oc3ncccc3-c3ccnc(NC4CCCN(C(=O)O)C4)n3)c(C)ccc12. The van der Waals surface area contributed by atoms with Gasteiger partial charge in [-0.15, -0.1) is 0 Å². The molecule has 1 aliphatic rings. The van der Waals surface area contributed by atoms with Crippen LogP contribution in [0.4, 0.5) is 21.2 Å². The minimum Gasteiger partial charge on any atom is -0.465 e. The van der Waals surface area contributed by atoms with E-state index in [-0.39, 0.29) is 12.6 Å². The zero-order chi connectivity index (χ0) is 28.1. The van der Waals surface area contributed by atoms with Crippen LogP contribution in [-0.4, -0.2) is 62.9 Å². The average molecular weight is 543 g/mol. The number of aryl methyl sites for hydroxylation is 1. The molecule has 2 aromatic heterocycles. The first kappa shape index (κ1) is 26.7. The van der Waals surface area contributed by atoms with Crippen LogP contribution in [0.3, 0.4) is 0 Å². The largest absolute Gasteiger partial charge is 0.465 e. The number of likely N-dealkylation sites (tertiary alicyclic amines) is 1. The molecule has 1 aliphatic heterocycles. The summed E-state index contributed by atoms with van der Waals surface area (Å²) in [6.45, 7) is 4.87. The molecule has 0 spiro atoms. The van der Waals surface area contributed by atoms with E-state index in [0.717, 1.165) is 29.2 Å². The van der Waals surface area contributed by atoms with Crippen molar-refractivity contribution in [3.8, 4) is 22.9 Å². The van der Waals surface area contributed by atoms with Crippen molar-refractivity contribution in [2.24, 2.45) is 0 Å². The van der Waals surface area contributed by atoms with Crippen LogP contribution in [0.2, 0.25) is 0 Å². The second-order valence-electron chi connectivity index (χ2n) is 9.39. The standard InChI is InChI=1S/C29H30N6O5/c1-3-39-28(36)34-23-10-4-8-21-20(23)12-11-18(2)25(21)40-26-22(9-5-14-30-26)24-13-15-31-27(33-24)32-19-7-6-16-35(17-19)29(37)38/h4-5,8-15,19H,3,6-7,16-17H2,1-2H3,(H,34,36)(H,37,38)(H,31,32,33). The Bertz CT molecular complexity index is 1540. The third kappa shape index (κ3) is 5.88. The monoisotopic (exact) mass is 542 g/mol. The third-order valence-corrected chi connectivity index (χ3v) is 6.65. The lowest BCUT2D eigenvalue weighted by atomic mass is 10.0. The number of pyridine rings is 1. The molecule has 11 nitrogen and oxygen atoms in total. The zero-order valence-corrected chi connectivity index (χ0v) is 22.3. The lowest BCUT2D eigenvalue weighted by molar-refractivity contribution is 0.132. The summed E-state index contributed by atoms with van der Waals surface area (Å²) in [6.07, 6.45) is 3.44. The van der Waals surface area contributed by atoms with Crippen molar-refractivity contribution < 1.29 is 24.2 Å². The number of piperidine rings is 1. The Morgan fingerprint density at radius 2 is 1.95 bits per heavy atom. The lowest BCUT2D eigenvalue weighted by Gasteiger charge is -2.31. The molecule has 0 bridgehead atoms. The number of hydrogen-bond acceptors (Lipinski definition) is 8. The first-order valence-electron chi connectivity index (χ1n) is 13.1. The van der Waals surface area contributed by atoms with Crippen molar-refractivity contribution in [3.63, 3.8) is 0 Å². The molecule has 3 N–H and O–H groups in total. The van der Waals surface area contributed by atoms with Gasteiger partial charge in [-0.3, -0.25) is 5.32 Å². The van der Waals surface area contributed by atoms with Crippen LogP contribution in [0.15, 0.2) is 60.9 Å². The first-order valence-corrected chi connectivity index (χ1v) is 13.1. The fourth-order valence-corrected chi connectivity index (χ4v) is 4.75. The summed E-state index contributed by atoms with van der Waals surface area (Å²) in [5.41, 5.74) is 2.77. The van der Waals surface area contributed by atoms with Crippen LogP contribution in [0.25, 0.3) is 22.0 Å². The number of fused-ring (bicyclic) bond motifs is 1. The van der Waals surface area contributed by atoms with E-state index >= 15 is 0 Å². The van der Waals surface area contributed by atoms with E-state index in [1.165, 1.54) is 4.90 Å². The molecule has 1 saturated heterocycles. The Hall–Kier alpha value is -4.93. The van der Waals surface area contributed by atoms with Gasteiger partial charge >= 0.3 is 12.2 Å². The molecule has 206 valence electrons. The summed E-state index contributed by atoms with van der Waals surface area (Å²) in [7, 11) is 0. The van der Waals surface area contributed by atoms with E-state index in [0.29, 0.717) is 47.6 Å². The van der Waals surface area contributed by atoms with Gasteiger partial charge in [0.2, 0.25) is 11.8 Å². The molecular formula is C29H30N6O5. The highest BCUT2D eigenvalue weighted by atomic mass is 16.5. The highest BCUT2D eigenvalue weighted by Gasteiger charge is 2.24. The number of anilines is 2. The van der Waals surface area contributed by atoms with Gasteiger partial charge in [0, 0.05) is 42.3 Å². The topological polar surface area (TPSA) is 139 Å². The Morgan fingerprint density at radius 3 is 2.77 bits per heavy atom. The normalized spacial score (nSPS) is 14.9. The summed E-state index contributed by atoms with van der Waals surface area (Å²) in [6, 6.07) is 14.8. The number of aromatic nitrogens is 3.